The van der Waals surface area contributed by atoms with Gasteiger partial charge in [-0.15, -0.1) is 0 Å². The molecule has 8 atom stereocenters. The number of rotatable bonds is 2. The van der Waals surface area contributed by atoms with Crippen LogP contribution in [0.15, 0.2) is 0 Å². The van der Waals surface area contributed by atoms with Gasteiger partial charge in [-0.1, -0.05) is 13.8 Å². The van der Waals surface area contributed by atoms with Gasteiger partial charge >= 0.3 is 0 Å². The van der Waals surface area contributed by atoms with Gasteiger partial charge in [0.2, 0.25) is 0 Å². The number of epoxide rings is 2. The molecule has 0 aromatic heterocycles. The van der Waals surface area contributed by atoms with Gasteiger partial charge in [0, 0.05) is 0 Å². The van der Waals surface area contributed by atoms with E-state index in [9.17, 15) is 0 Å². The zero-order valence-electron chi connectivity index (χ0n) is 12.8. The van der Waals surface area contributed by atoms with E-state index in [4.69, 9.17) is 9.47 Å². The Morgan fingerprint density at radius 2 is 1.26 bits per heavy atom. The Kier molecular flexibility index (Phi) is 2.50. The Morgan fingerprint density at radius 3 is 1.68 bits per heavy atom. The second-order valence-corrected chi connectivity index (χ2v) is 8.55. The van der Waals surface area contributed by atoms with Gasteiger partial charge in [0.15, 0.2) is 0 Å². The van der Waals surface area contributed by atoms with Crippen molar-refractivity contribution in [2.75, 3.05) is 0 Å². The molecular formula is C17H28O2. The van der Waals surface area contributed by atoms with Gasteiger partial charge in [-0.05, 0) is 69.6 Å². The normalized spacial score (nSPS) is 63.2. The van der Waals surface area contributed by atoms with Crippen molar-refractivity contribution in [3.8, 4) is 0 Å². The molecule has 2 heteroatoms. The fourth-order valence-corrected chi connectivity index (χ4v) is 5.69. The minimum Gasteiger partial charge on any atom is -0.366 e. The zero-order valence-corrected chi connectivity index (χ0v) is 12.8. The van der Waals surface area contributed by atoms with Crippen LogP contribution >= 0.6 is 0 Å². The van der Waals surface area contributed by atoms with Gasteiger partial charge in [0.25, 0.3) is 0 Å². The summed E-state index contributed by atoms with van der Waals surface area (Å²) in [6.07, 6.45) is 7.75. The van der Waals surface area contributed by atoms with Crippen LogP contribution in [0.25, 0.3) is 0 Å². The Morgan fingerprint density at radius 1 is 0.842 bits per heavy atom. The summed E-state index contributed by atoms with van der Waals surface area (Å²) in [6, 6.07) is 0. The van der Waals surface area contributed by atoms with Crippen LogP contribution in [0.4, 0.5) is 0 Å². The molecular weight excluding hydrogens is 236 g/mol. The number of ether oxygens (including phenoxy) is 2. The Balaban J connectivity index is 1.44. The minimum atomic E-state index is 0.232. The largest absolute Gasteiger partial charge is 0.366 e. The summed E-state index contributed by atoms with van der Waals surface area (Å²) in [4.78, 5) is 0. The van der Waals surface area contributed by atoms with E-state index in [2.05, 4.69) is 27.7 Å². The van der Waals surface area contributed by atoms with E-state index < -0.39 is 0 Å². The average molecular weight is 264 g/mol. The second kappa shape index (κ2) is 3.76. The van der Waals surface area contributed by atoms with E-state index >= 15 is 0 Å². The molecule has 8 unspecified atom stereocenters. The van der Waals surface area contributed by atoms with E-state index in [1.165, 1.54) is 32.1 Å². The Bertz CT molecular complexity index is 359. The first-order chi connectivity index (χ1) is 8.90. The van der Waals surface area contributed by atoms with Crippen molar-refractivity contribution >= 4 is 0 Å². The summed E-state index contributed by atoms with van der Waals surface area (Å²) < 4.78 is 12.1. The molecule has 4 rings (SSSR count). The van der Waals surface area contributed by atoms with Crippen LogP contribution in [-0.2, 0) is 9.47 Å². The van der Waals surface area contributed by atoms with Crippen molar-refractivity contribution in [3.05, 3.63) is 0 Å². The Labute approximate surface area is 117 Å². The molecule has 2 aliphatic heterocycles. The molecule has 2 nitrogen and oxygen atoms in total. The van der Waals surface area contributed by atoms with Gasteiger partial charge < -0.3 is 9.47 Å². The first-order valence-electron chi connectivity index (χ1n) is 8.25. The van der Waals surface area contributed by atoms with Gasteiger partial charge in [-0.2, -0.15) is 0 Å². The van der Waals surface area contributed by atoms with Crippen LogP contribution in [0.3, 0.4) is 0 Å². The van der Waals surface area contributed by atoms with Crippen molar-refractivity contribution in [1.29, 1.82) is 0 Å². The van der Waals surface area contributed by atoms with Gasteiger partial charge in [-0.3, -0.25) is 0 Å². The predicted molar refractivity (Wildman–Crippen MR) is 74.9 cm³/mol. The number of hydrogen-bond donors (Lipinski definition) is 0. The molecule has 108 valence electrons. The lowest BCUT2D eigenvalue weighted by molar-refractivity contribution is 0.194. The highest BCUT2D eigenvalue weighted by Crippen LogP contribution is 2.58. The quantitative estimate of drug-likeness (QED) is 0.709. The highest BCUT2D eigenvalue weighted by Gasteiger charge is 2.63. The average Bonchev–Trinajstić information content (AvgIpc) is 3.12. The molecule has 0 N–H and O–H groups in total. The first kappa shape index (κ1) is 12.6. The van der Waals surface area contributed by atoms with Crippen molar-refractivity contribution in [1.82, 2.24) is 0 Å². The van der Waals surface area contributed by atoms with E-state index in [0.29, 0.717) is 12.2 Å². The summed E-state index contributed by atoms with van der Waals surface area (Å²) in [5, 5.41) is 0. The fraction of sp³-hybridized carbons (Fsp3) is 1.00. The van der Waals surface area contributed by atoms with E-state index in [1.54, 1.807) is 0 Å². The molecule has 19 heavy (non-hydrogen) atoms. The molecule has 4 fully saturated rings. The third-order valence-corrected chi connectivity index (χ3v) is 6.26. The molecule has 0 bridgehead atoms. The second-order valence-electron chi connectivity index (χ2n) is 8.55. The van der Waals surface area contributed by atoms with Gasteiger partial charge in [0.1, 0.15) is 0 Å². The van der Waals surface area contributed by atoms with Crippen molar-refractivity contribution in [2.45, 2.75) is 83.2 Å². The van der Waals surface area contributed by atoms with Crippen LogP contribution in [0.1, 0.15) is 59.8 Å². The third kappa shape index (κ3) is 1.98. The van der Waals surface area contributed by atoms with Crippen LogP contribution in [-0.4, -0.2) is 23.4 Å². The lowest BCUT2D eigenvalue weighted by Gasteiger charge is -2.33. The molecule has 2 heterocycles. The maximum atomic E-state index is 6.05. The minimum absolute atomic E-state index is 0.232. The summed E-state index contributed by atoms with van der Waals surface area (Å²) in [5.41, 5.74) is 0.465. The standard InChI is InChI=1S/C17H28O2/c1-10-5-12(14-16(3,8-10)18-14)7-13-6-11(2)9-17(4)15(13)19-17/h10-15H,5-9H2,1-4H3. The van der Waals surface area contributed by atoms with Gasteiger partial charge in [0.05, 0.1) is 23.4 Å². The maximum Gasteiger partial charge on any atom is 0.0925 e. The maximum absolute atomic E-state index is 6.05. The fourth-order valence-electron chi connectivity index (χ4n) is 5.69. The number of fused-ring (bicyclic) bond motifs is 2. The zero-order chi connectivity index (χ0) is 13.4. The highest BCUT2D eigenvalue weighted by atomic mass is 16.6. The van der Waals surface area contributed by atoms with E-state index in [0.717, 1.165) is 23.7 Å². The number of hydrogen-bond acceptors (Lipinski definition) is 2. The first-order valence-corrected chi connectivity index (χ1v) is 8.25. The van der Waals surface area contributed by atoms with Crippen LogP contribution in [0.2, 0.25) is 0 Å². The van der Waals surface area contributed by atoms with Crippen molar-refractivity contribution < 1.29 is 9.47 Å². The molecule has 0 radical (unpaired) electrons. The lowest BCUT2D eigenvalue weighted by atomic mass is 9.69. The molecule has 2 saturated carbocycles. The Hall–Kier alpha value is -0.0800. The highest BCUT2D eigenvalue weighted by molar-refractivity contribution is 5.11. The van der Waals surface area contributed by atoms with E-state index in [1.807, 2.05) is 0 Å². The van der Waals surface area contributed by atoms with Crippen molar-refractivity contribution in [2.24, 2.45) is 23.7 Å². The topological polar surface area (TPSA) is 25.1 Å². The SMILES string of the molecule is CC1CC(CC2CC(C)CC3(C)OC23)C2OC2(C)C1. The monoisotopic (exact) mass is 264 g/mol. The van der Waals surface area contributed by atoms with Gasteiger partial charge in [-0.25, -0.2) is 0 Å². The summed E-state index contributed by atoms with van der Waals surface area (Å²) in [6.45, 7) is 9.44. The van der Waals surface area contributed by atoms with Crippen LogP contribution < -0.4 is 0 Å². The van der Waals surface area contributed by atoms with Crippen molar-refractivity contribution in [3.63, 3.8) is 0 Å². The molecule has 0 aromatic carbocycles. The summed E-state index contributed by atoms with van der Waals surface area (Å²) in [5.74, 6) is 3.25. The summed E-state index contributed by atoms with van der Waals surface area (Å²) >= 11 is 0. The molecule has 0 aromatic rings. The molecule has 4 aliphatic rings. The smallest absolute Gasteiger partial charge is 0.0925 e. The van der Waals surface area contributed by atoms with E-state index in [-0.39, 0.29) is 11.2 Å². The molecule has 0 amide bonds. The predicted octanol–water partition coefficient (Wildman–Crippen LogP) is 3.78. The summed E-state index contributed by atoms with van der Waals surface area (Å²) in [7, 11) is 0. The lowest BCUT2D eigenvalue weighted by Crippen LogP contribution is -2.34. The third-order valence-electron chi connectivity index (χ3n) is 6.26. The molecule has 0 spiro atoms. The molecule has 2 aliphatic carbocycles. The van der Waals surface area contributed by atoms with Crippen LogP contribution in [0, 0.1) is 23.7 Å². The molecule has 2 saturated heterocycles. The van der Waals surface area contributed by atoms with Crippen LogP contribution in [0.5, 0.6) is 0 Å².